The smallest absolute Gasteiger partial charge is 0.186 e. The second-order valence-corrected chi connectivity index (χ2v) is 4.95. The average Bonchev–Trinajstić information content (AvgIpc) is 2.37. The first-order valence-electron chi connectivity index (χ1n) is 5.70. The third-order valence-electron chi connectivity index (χ3n) is 2.62. The van der Waals surface area contributed by atoms with Gasteiger partial charge < -0.3 is 0 Å². The molecule has 0 aliphatic rings. The van der Waals surface area contributed by atoms with Crippen LogP contribution in [0.1, 0.15) is 21.5 Å². The summed E-state index contributed by atoms with van der Waals surface area (Å²) in [6, 6.07) is 15.5. The van der Waals surface area contributed by atoms with Crippen LogP contribution in [0.15, 0.2) is 59.1 Å². The zero-order chi connectivity index (χ0) is 13.0. The molecule has 0 unspecified atom stereocenters. The van der Waals surface area contributed by atoms with Crippen LogP contribution >= 0.6 is 15.9 Å². The molecule has 0 aliphatic carbocycles. The Bertz CT molecular complexity index is 585. The molecule has 0 atom stereocenters. The van der Waals surface area contributed by atoms with Gasteiger partial charge in [-0.1, -0.05) is 58.4 Å². The van der Waals surface area contributed by atoms with Crippen LogP contribution in [0.25, 0.3) is 6.08 Å². The summed E-state index contributed by atoms with van der Waals surface area (Å²) >= 11 is 3.42. The van der Waals surface area contributed by atoms with Crippen molar-refractivity contribution in [2.75, 3.05) is 0 Å². The summed E-state index contributed by atoms with van der Waals surface area (Å²) in [6.07, 6.45) is 3.43. The van der Waals surface area contributed by atoms with Crippen molar-refractivity contribution in [2.45, 2.75) is 6.92 Å². The van der Waals surface area contributed by atoms with Gasteiger partial charge in [0.1, 0.15) is 0 Å². The van der Waals surface area contributed by atoms with Crippen LogP contribution in [0.5, 0.6) is 0 Å². The number of halogens is 1. The van der Waals surface area contributed by atoms with E-state index in [1.807, 2.05) is 61.5 Å². The van der Waals surface area contributed by atoms with E-state index in [0.29, 0.717) is 5.56 Å². The minimum absolute atomic E-state index is 0.00530. The highest BCUT2D eigenvalue weighted by Crippen LogP contribution is 2.19. The zero-order valence-electron chi connectivity index (χ0n) is 10.1. The van der Waals surface area contributed by atoms with Gasteiger partial charge in [0, 0.05) is 10.0 Å². The molecule has 0 amide bonds. The molecule has 0 spiro atoms. The number of carbonyl (C=O) groups excluding carboxylic acids is 1. The maximum Gasteiger partial charge on any atom is 0.186 e. The molecule has 2 heteroatoms. The van der Waals surface area contributed by atoms with E-state index >= 15 is 0 Å². The lowest BCUT2D eigenvalue weighted by Gasteiger charge is -2.01. The summed E-state index contributed by atoms with van der Waals surface area (Å²) in [5.41, 5.74) is 2.84. The lowest BCUT2D eigenvalue weighted by Crippen LogP contribution is -1.95. The molecule has 1 nitrogen and oxygen atoms in total. The topological polar surface area (TPSA) is 17.1 Å². The summed E-state index contributed by atoms with van der Waals surface area (Å²) in [4.78, 5) is 12.0. The second-order valence-electron chi connectivity index (χ2n) is 4.09. The van der Waals surface area contributed by atoms with E-state index < -0.39 is 0 Å². The number of hydrogen-bond acceptors (Lipinski definition) is 1. The minimum Gasteiger partial charge on any atom is -0.289 e. The van der Waals surface area contributed by atoms with E-state index in [0.717, 1.165) is 15.6 Å². The quantitative estimate of drug-likeness (QED) is 0.595. The van der Waals surface area contributed by atoms with Gasteiger partial charge in [-0.3, -0.25) is 4.79 Å². The number of benzene rings is 2. The summed E-state index contributed by atoms with van der Waals surface area (Å²) in [5, 5.41) is 0. The zero-order valence-corrected chi connectivity index (χ0v) is 11.6. The Morgan fingerprint density at radius 1 is 1.11 bits per heavy atom. The predicted molar refractivity (Wildman–Crippen MR) is 78.7 cm³/mol. The van der Waals surface area contributed by atoms with Gasteiger partial charge in [-0.2, -0.15) is 0 Å². The average molecular weight is 301 g/mol. The van der Waals surface area contributed by atoms with E-state index in [4.69, 9.17) is 0 Å². The fraction of sp³-hybridized carbons (Fsp3) is 0.0625. The van der Waals surface area contributed by atoms with Crippen LogP contribution in [0.3, 0.4) is 0 Å². The maximum atomic E-state index is 12.0. The van der Waals surface area contributed by atoms with Crippen LogP contribution in [0.4, 0.5) is 0 Å². The Kier molecular flexibility index (Phi) is 4.11. The van der Waals surface area contributed by atoms with Gasteiger partial charge in [0.25, 0.3) is 0 Å². The van der Waals surface area contributed by atoms with Crippen molar-refractivity contribution >= 4 is 27.8 Å². The largest absolute Gasteiger partial charge is 0.289 e. The van der Waals surface area contributed by atoms with Crippen molar-refractivity contribution in [1.82, 2.24) is 0 Å². The molecule has 0 saturated heterocycles. The molecule has 18 heavy (non-hydrogen) atoms. The summed E-state index contributed by atoms with van der Waals surface area (Å²) in [7, 11) is 0. The van der Waals surface area contributed by atoms with Gasteiger partial charge in [-0.05, 0) is 36.3 Å². The van der Waals surface area contributed by atoms with Crippen molar-refractivity contribution in [2.24, 2.45) is 0 Å². The Morgan fingerprint density at radius 2 is 1.83 bits per heavy atom. The number of hydrogen-bond donors (Lipinski definition) is 0. The van der Waals surface area contributed by atoms with Crippen molar-refractivity contribution in [3.05, 3.63) is 75.8 Å². The lowest BCUT2D eigenvalue weighted by atomic mass is 10.1. The van der Waals surface area contributed by atoms with Gasteiger partial charge in [0.05, 0.1) is 0 Å². The van der Waals surface area contributed by atoms with Gasteiger partial charge in [-0.15, -0.1) is 0 Å². The molecule has 90 valence electrons. The van der Waals surface area contributed by atoms with Crippen LogP contribution in [-0.2, 0) is 0 Å². The molecular formula is C16H13BrO. The third kappa shape index (κ3) is 3.17. The van der Waals surface area contributed by atoms with E-state index in [-0.39, 0.29) is 5.78 Å². The molecule has 0 bridgehead atoms. The van der Waals surface area contributed by atoms with Crippen LogP contribution in [0.2, 0.25) is 0 Å². The van der Waals surface area contributed by atoms with Crippen LogP contribution in [0, 0.1) is 6.92 Å². The Morgan fingerprint density at radius 3 is 2.50 bits per heavy atom. The Hall–Kier alpha value is -1.67. The number of ketones is 1. The molecule has 0 heterocycles. The molecule has 0 N–H and O–H groups in total. The molecule has 2 rings (SSSR count). The molecule has 0 saturated carbocycles. The molecule has 0 aromatic heterocycles. The number of carbonyl (C=O) groups is 1. The number of rotatable bonds is 3. The van der Waals surface area contributed by atoms with E-state index in [1.165, 1.54) is 0 Å². The second kappa shape index (κ2) is 5.78. The van der Waals surface area contributed by atoms with Crippen LogP contribution < -0.4 is 0 Å². The SMILES string of the molecule is Cc1ccc(C(=O)/C=C/c2ccccc2)c(Br)c1. The fourth-order valence-electron chi connectivity index (χ4n) is 1.65. The normalized spacial score (nSPS) is 10.8. The molecule has 0 fully saturated rings. The Balaban J connectivity index is 2.20. The molecule has 2 aromatic carbocycles. The lowest BCUT2D eigenvalue weighted by molar-refractivity contribution is 0.104. The number of allylic oxidation sites excluding steroid dienone is 1. The van der Waals surface area contributed by atoms with Crippen molar-refractivity contribution in [3.8, 4) is 0 Å². The van der Waals surface area contributed by atoms with Crippen molar-refractivity contribution < 1.29 is 4.79 Å². The van der Waals surface area contributed by atoms with Gasteiger partial charge in [0.15, 0.2) is 5.78 Å². The summed E-state index contributed by atoms with van der Waals surface area (Å²) in [5.74, 6) is 0.00530. The predicted octanol–water partition coefficient (Wildman–Crippen LogP) is 4.65. The first-order chi connectivity index (χ1) is 8.66. The van der Waals surface area contributed by atoms with E-state index in [1.54, 1.807) is 6.08 Å². The van der Waals surface area contributed by atoms with Crippen molar-refractivity contribution in [1.29, 1.82) is 0 Å². The first-order valence-corrected chi connectivity index (χ1v) is 6.50. The minimum atomic E-state index is 0.00530. The maximum absolute atomic E-state index is 12.0. The van der Waals surface area contributed by atoms with Crippen LogP contribution in [-0.4, -0.2) is 5.78 Å². The summed E-state index contributed by atoms with van der Waals surface area (Å²) < 4.78 is 0.838. The molecule has 0 aliphatic heterocycles. The molecule has 0 radical (unpaired) electrons. The highest BCUT2D eigenvalue weighted by atomic mass is 79.9. The van der Waals surface area contributed by atoms with Gasteiger partial charge in [-0.25, -0.2) is 0 Å². The highest BCUT2D eigenvalue weighted by Gasteiger charge is 2.06. The molecular weight excluding hydrogens is 288 g/mol. The van der Waals surface area contributed by atoms with E-state index in [2.05, 4.69) is 15.9 Å². The van der Waals surface area contributed by atoms with Crippen molar-refractivity contribution in [3.63, 3.8) is 0 Å². The molecule has 2 aromatic rings. The third-order valence-corrected chi connectivity index (χ3v) is 3.27. The summed E-state index contributed by atoms with van der Waals surface area (Å²) in [6.45, 7) is 2.00. The first kappa shape index (κ1) is 12.8. The fourth-order valence-corrected chi connectivity index (χ4v) is 2.33. The van der Waals surface area contributed by atoms with Gasteiger partial charge in [0.2, 0.25) is 0 Å². The van der Waals surface area contributed by atoms with E-state index in [9.17, 15) is 4.79 Å². The number of aryl methyl sites for hydroxylation is 1. The monoisotopic (exact) mass is 300 g/mol. The van der Waals surface area contributed by atoms with Gasteiger partial charge >= 0.3 is 0 Å². The Labute approximate surface area is 115 Å². The standard InChI is InChI=1S/C16H13BrO/c1-12-7-9-14(15(17)11-12)16(18)10-8-13-5-3-2-4-6-13/h2-11H,1H3/b10-8+. The highest BCUT2D eigenvalue weighted by molar-refractivity contribution is 9.10.